The van der Waals surface area contributed by atoms with E-state index in [2.05, 4.69) is 10.6 Å². The zero-order valence-electron chi connectivity index (χ0n) is 17.2. The number of hydrogen-bond acceptors (Lipinski definition) is 7. The summed E-state index contributed by atoms with van der Waals surface area (Å²) in [5, 5.41) is 32.4. The van der Waals surface area contributed by atoms with Gasteiger partial charge in [-0.25, -0.2) is 4.79 Å². The Balaban J connectivity index is 2.20. The fourth-order valence-corrected chi connectivity index (χ4v) is 3.33. The Kier molecular flexibility index (Phi) is 8.34. The normalized spacial score (nSPS) is 18.7. The molecule has 4 unspecified atom stereocenters. The van der Waals surface area contributed by atoms with Gasteiger partial charge in [-0.05, 0) is 37.5 Å². The van der Waals surface area contributed by atoms with Crippen LogP contribution in [0.4, 0.5) is 0 Å². The summed E-state index contributed by atoms with van der Waals surface area (Å²) < 4.78 is 0. The van der Waals surface area contributed by atoms with Crippen molar-refractivity contribution in [2.45, 2.75) is 50.4 Å². The number of benzene rings is 1. The van der Waals surface area contributed by atoms with Gasteiger partial charge in [-0.15, -0.1) is 0 Å². The van der Waals surface area contributed by atoms with Crippen LogP contribution in [0.3, 0.4) is 0 Å². The van der Waals surface area contributed by atoms with Gasteiger partial charge in [-0.2, -0.15) is 0 Å². The molecule has 0 bridgehead atoms. The highest BCUT2D eigenvalue weighted by Crippen LogP contribution is 2.20. The molecule has 0 aromatic heterocycles. The lowest BCUT2D eigenvalue weighted by Crippen LogP contribution is -2.57. The second-order valence-electron chi connectivity index (χ2n) is 7.49. The molecule has 0 saturated carbocycles. The Morgan fingerprint density at radius 3 is 2.35 bits per heavy atom. The van der Waals surface area contributed by atoms with Crippen LogP contribution < -0.4 is 16.4 Å². The molecule has 2 rings (SSSR count). The van der Waals surface area contributed by atoms with Crippen LogP contribution in [0.1, 0.15) is 25.3 Å². The van der Waals surface area contributed by atoms with Gasteiger partial charge in [0.2, 0.25) is 17.7 Å². The molecule has 1 aromatic rings. The smallest absolute Gasteiger partial charge is 0.328 e. The van der Waals surface area contributed by atoms with Crippen molar-refractivity contribution in [1.82, 2.24) is 15.5 Å². The van der Waals surface area contributed by atoms with Gasteiger partial charge in [0, 0.05) is 13.0 Å². The van der Waals surface area contributed by atoms with Crippen LogP contribution in [0.15, 0.2) is 24.3 Å². The summed E-state index contributed by atoms with van der Waals surface area (Å²) in [6.07, 6.45) is 0.952. The van der Waals surface area contributed by atoms with Crippen molar-refractivity contribution in [1.29, 1.82) is 0 Å². The zero-order chi connectivity index (χ0) is 23.1. The third kappa shape index (κ3) is 6.40. The molecule has 0 radical (unpaired) electrons. The number of hydrogen-bond donors (Lipinski definition) is 6. The van der Waals surface area contributed by atoms with Crippen LogP contribution in [0.25, 0.3) is 0 Å². The largest absolute Gasteiger partial charge is 0.508 e. The first-order valence-corrected chi connectivity index (χ1v) is 9.92. The number of phenolic OH excluding ortho intramolecular Hbond substituents is 1. The van der Waals surface area contributed by atoms with Crippen molar-refractivity contribution in [2.24, 2.45) is 5.73 Å². The van der Waals surface area contributed by atoms with Gasteiger partial charge in [-0.3, -0.25) is 14.4 Å². The maximum atomic E-state index is 13.3. The van der Waals surface area contributed by atoms with Gasteiger partial charge >= 0.3 is 5.97 Å². The van der Waals surface area contributed by atoms with Gasteiger partial charge in [0.15, 0.2) is 0 Å². The molecule has 31 heavy (non-hydrogen) atoms. The van der Waals surface area contributed by atoms with Crippen molar-refractivity contribution in [3.63, 3.8) is 0 Å². The first-order valence-electron chi connectivity index (χ1n) is 9.92. The molecule has 11 nitrogen and oxygen atoms in total. The number of carbonyl (C=O) groups is 4. The number of aliphatic carboxylic acids is 1. The molecule has 3 amide bonds. The average Bonchev–Trinajstić information content (AvgIpc) is 3.22. The van der Waals surface area contributed by atoms with E-state index in [-0.39, 0.29) is 18.7 Å². The molecular formula is C20H28N4O7. The lowest BCUT2D eigenvalue weighted by Gasteiger charge is -2.29. The summed E-state index contributed by atoms with van der Waals surface area (Å²) in [6.45, 7) is 0.952. The highest BCUT2D eigenvalue weighted by Gasteiger charge is 2.39. The Morgan fingerprint density at radius 2 is 1.81 bits per heavy atom. The Bertz CT molecular complexity index is 812. The van der Waals surface area contributed by atoms with E-state index < -0.39 is 54.5 Å². The van der Waals surface area contributed by atoms with Crippen molar-refractivity contribution in [2.75, 3.05) is 13.2 Å². The first-order chi connectivity index (χ1) is 14.6. The topological polar surface area (TPSA) is 182 Å². The van der Waals surface area contributed by atoms with E-state index in [1.165, 1.54) is 24.0 Å². The number of nitrogens with zero attached hydrogens (tertiary/aromatic N) is 1. The first kappa shape index (κ1) is 24.1. The fourth-order valence-electron chi connectivity index (χ4n) is 3.33. The summed E-state index contributed by atoms with van der Waals surface area (Å²) in [5.74, 6) is -3.06. The standard InChI is InChI=1S/C20H28N4O7/c1-11(21)17(27)22-14(9-12-4-6-13(26)7-5-12)19(29)24-8-2-3-16(24)18(28)23-15(10-25)20(30)31/h4-7,11,14-16,25-26H,2-3,8-10,21H2,1H3,(H,22,27)(H,23,28)(H,30,31). The molecule has 0 aliphatic carbocycles. The highest BCUT2D eigenvalue weighted by molar-refractivity contribution is 5.94. The Morgan fingerprint density at radius 1 is 1.16 bits per heavy atom. The number of nitrogens with one attached hydrogen (secondary N) is 2. The number of carboxylic acids is 1. The summed E-state index contributed by atoms with van der Waals surface area (Å²) >= 11 is 0. The second kappa shape index (κ2) is 10.7. The third-order valence-electron chi connectivity index (χ3n) is 5.04. The number of aliphatic hydroxyl groups excluding tert-OH is 1. The van der Waals surface area contributed by atoms with Gasteiger partial charge in [0.1, 0.15) is 23.9 Å². The summed E-state index contributed by atoms with van der Waals surface area (Å²) in [7, 11) is 0. The number of phenols is 1. The molecule has 4 atom stereocenters. The van der Waals surface area contributed by atoms with Crippen LogP contribution in [0.2, 0.25) is 0 Å². The Hall–Kier alpha value is -3.18. The van der Waals surface area contributed by atoms with E-state index in [9.17, 15) is 24.3 Å². The monoisotopic (exact) mass is 436 g/mol. The zero-order valence-corrected chi connectivity index (χ0v) is 17.2. The Labute approximate surface area is 179 Å². The number of nitrogens with two attached hydrogens (primary N) is 1. The number of aromatic hydroxyl groups is 1. The van der Waals surface area contributed by atoms with Crippen molar-refractivity contribution in [3.05, 3.63) is 29.8 Å². The minimum Gasteiger partial charge on any atom is -0.508 e. The number of rotatable bonds is 9. The van der Waals surface area contributed by atoms with Crippen molar-refractivity contribution >= 4 is 23.7 Å². The SMILES string of the molecule is CC(N)C(=O)NC(Cc1ccc(O)cc1)C(=O)N1CCCC1C(=O)NC(CO)C(=O)O. The number of likely N-dealkylation sites (tertiary alicyclic amines) is 1. The predicted octanol–water partition coefficient (Wildman–Crippen LogP) is -1.68. The molecule has 1 aliphatic rings. The molecule has 1 aliphatic heterocycles. The molecule has 11 heteroatoms. The number of carboxylic acid groups (broad SMARTS) is 1. The molecule has 7 N–H and O–H groups in total. The molecular weight excluding hydrogens is 408 g/mol. The molecule has 1 fully saturated rings. The van der Waals surface area contributed by atoms with E-state index in [1.807, 2.05) is 0 Å². The molecule has 1 aromatic carbocycles. The summed E-state index contributed by atoms with van der Waals surface area (Å²) in [6, 6.07) is 1.87. The van der Waals surface area contributed by atoms with Crippen LogP contribution in [0.5, 0.6) is 5.75 Å². The van der Waals surface area contributed by atoms with Crippen LogP contribution in [-0.2, 0) is 25.6 Å². The number of carbonyl (C=O) groups excluding carboxylic acids is 3. The minimum atomic E-state index is -1.48. The maximum Gasteiger partial charge on any atom is 0.328 e. The third-order valence-corrected chi connectivity index (χ3v) is 5.04. The summed E-state index contributed by atoms with van der Waals surface area (Å²) in [5.41, 5.74) is 6.29. The van der Waals surface area contributed by atoms with E-state index in [0.717, 1.165) is 0 Å². The number of amides is 3. The predicted molar refractivity (Wildman–Crippen MR) is 109 cm³/mol. The van der Waals surface area contributed by atoms with Crippen LogP contribution in [-0.4, -0.2) is 81.2 Å². The molecule has 1 heterocycles. The van der Waals surface area contributed by atoms with Gasteiger partial charge in [0.05, 0.1) is 12.6 Å². The number of aliphatic hydroxyl groups is 1. The lowest BCUT2D eigenvalue weighted by molar-refractivity contribution is -0.145. The minimum absolute atomic E-state index is 0.0550. The van der Waals surface area contributed by atoms with Gasteiger partial charge < -0.3 is 36.6 Å². The molecule has 170 valence electrons. The van der Waals surface area contributed by atoms with Gasteiger partial charge in [0.25, 0.3) is 0 Å². The molecule has 0 spiro atoms. The maximum absolute atomic E-state index is 13.3. The summed E-state index contributed by atoms with van der Waals surface area (Å²) in [4.78, 5) is 50.4. The highest BCUT2D eigenvalue weighted by atomic mass is 16.4. The van der Waals surface area contributed by atoms with E-state index in [4.69, 9.17) is 15.9 Å². The van der Waals surface area contributed by atoms with Crippen LogP contribution in [0, 0.1) is 0 Å². The van der Waals surface area contributed by atoms with Gasteiger partial charge in [-0.1, -0.05) is 12.1 Å². The average molecular weight is 436 g/mol. The van der Waals surface area contributed by atoms with Crippen LogP contribution >= 0.6 is 0 Å². The fraction of sp³-hybridized carbons (Fsp3) is 0.500. The second-order valence-corrected chi connectivity index (χ2v) is 7.49. The van der Waals surface area contributed by atoms with Crippen molar-refractivity contribution < 1.29 is 34.5 Å². The van der Waals surface area contributed by atoms with E-state index in [0.29, 0.717) is 18.4 Å². The van der Waals surface area contributed by atoms with Crippen molar-refractivity contribution in [3.8, 4) is 5.75 Å². The molecule has 1 saturated heterocycles. The van der Waals surface area contributed by atoms with E-state index in [1.54, 1.807) is 12.1 Å². The lowest BCUT2D eigenvalue weighted by atomic mass is 10.0. The quantitative estimate of drug-likeness (QED) is 0.265. The van der Waals surface area contributed by atoms with E-state index >= 15 is 0 Å².